The van der Waals surface area contributed by atoms with E-state index in [1.54, 1.807) is 24.3 Å². The van der Waals surface area contributed by atoms with E-state index in [1.807, 2.05) is 5.32 Å². The van der Waals surface area contributed by atoms with Crippen LogP contribution < -0.4 is 14.8 Å². The predicted octanol–water partition coefficient (Wildman–Crippen LogP) is 2.81. The summed E-state index contributed by atoms with van der Waals surface area (Å²) in [6.45, 7) is 1.13. The number of nitrogens with one attached hydrogen (secondary N) is 1. The molecule has 9 heteroatoms. The molecule has 0 unspecified atom stereocenters. The van der Waals surface area contributed by atoms with Crippen LogP contribution in [-0.4, -0.2) is 30.7 Å². The van der Waals surface area contributed by atoms with Crippen molar-refractivity contribution in [2.75, 3.05) is 11.9 Å². The Bertz CT molecular complexity index is 889. The fourth-order valence-electron chi connectivity index (χ4n) is 2.30. The molecule has 1 aliphatic rings. The summed E-state index contributed by atoms with van der Waals surface area (Å²) in [5.41, 5.74) is -0.576. The van der Waals surface area contributed by atoms with E-state index in [4.69, 9.17) is 14.2 Å². The van der Waals surface area contributed by atoms with E-state index < -0.39 is 47.2 Å². The van der Waals surface area contributed by atoms with Gasteiger partial charge in [-0.05, 0) is 31.2 Å². The van der Waals surface area contributed by atoms with Crippen molar-refractivity contribution in [2.24, 2.45) is 0 Å². The Labute approximate surface area is 151 Å². The smallest absolute Gasteiger partial charge is 0.351 e. The molecule has 1 N–H and O–H groups in total. The van der Waals surface area contributed by atoms with Crippen LogP contribution in [0.3, 0.4) is 0 Å². The number of amides is 1. The van der Waals surface area contributed by atoms with Gasteiger partial charge < -0.3 is 19.5 Å². The van der Waals surface area contributed by atoms with E-state index in [1.165, 1.54) is 6.92 Å². The largest absolute Gasteiger partial charge is 0.485 e. The number of carbonyl (C=O) groups excluding carboxylic acids is 2. The van der Waals surface area contributed by atoms with Crippen molar-refractivity contribution in [3.63, 3.8) is 0 Å². The van der Waals surface area contributed by atoms with Crippen molar-refractivity contribution >= 4 is 17.6 Å². The molecule has 3 rings (SSSR count). The zero-order valence-electron chi connectivity index (χ0n) is 14.0. The topological polar surface area (TPSA) is 73.9 Å². The number of ether oxygens (including phenoxy) is 3. The first-order valence-electron chi connectivity index (χ1n) is 7.90. The van der Waals surface area contributed by atoms with Crippen LogP contribution in [-0.2, 0) is 14.3 Å². The molecule has 6 nitrogen and oxygen atoms in total. The lowest BCUT2D eigenvalue weighted by Crippen LogP contribution is -2.41. The normalized spacial score (nSPS) is 16.4. The summed E-state index contributed by atoms with van der Waals surface area (Å²) in [6, 6.07) is 8.23. The lowest BCUT2D eigenvalue weighted by atomic mass is 10.2. The molecular formula is C18H14F3NO5. The fraction of sp³-hybridized carbons (Fsp3) is 0.222. The van der Waals surface area contributed by atoms with E-state index in [2.05, 4.69) is 0 Å². The minimum absolute atomic E-state index is 0.109. The molecule has 0 saturated heterocycles. The first-order chi connectivity index (χ1) is 12.9. The van der Waals surface area contributed by atoms with E-state index in [0.717, 1.165) is 6.07 Å². The van der Waals surface area contributed by atoms with Gasteiger partial charge in [-0.3, -0.25) is 4.79 Å². The minimum atomic E-state index is -1.72. The van der Waals surface area contributed by atoms with Gasteiger partial charge in [0.2, 0.25) is 6.10 Å². The molecule has 0 radical (unpaired) electrons. The number of benzene rings is 2. The Morgan fingerprint density at radius 3 is 2.56 bits per heavy atom. The van der Waals surface area contributed by atoms with Gasteiger partial charge in [0.25, 0.3) is 5.91 Å². The molecule has 0 aliphatic carbocycles. The minimum Gasteiger partial charge on any atom is -0.485 e. The molecule has 1 heterocycles. The highest BCUT2D eigenvalue weighted by atomic mass is 19.2. The van der Waals surface area contributed by atoms with Crippen LogP contribution in [0.5, 0.6) is 11.5 Å². The molecular weight excluding hydrogens is 367 g/mol. The van der Waals surface area contributed by atoms with E-state index in [0.29, 0.717) is 17.6 Å². The maximum Gasteiger partial charge on any atom is 0.351 e. The molecule has 0 fully saturated rings. The fourth-order valence-corrected chi connectivity index (χ4v) is 2.30. The highest BCUT2D eigenvalue weighted by Crippen LogP contribution is 2.31. The molecule has 1 aliphatic heterocycles. The van der Waals surface area contributed by atoms with Crippen LogP contribution >= 0.6 is 0 Å². The average Bonchev–Trinajstić information content (AvgIpc) is 2.67. The molecule has 1 amide bonds. The zero-order valence-corrected chi connectivity index (χ0v) is 14.0. The van der Waals surface area contributed by atoms with E-state index in [9.17, 15) is 22.8 Å². The van der Waals surface area contributed by atoms with Gasteiger partial charge in [-0.2, -0.15) is 0 Å². The number of rotatable bonds is 4. The first kappa shape index (κ1) is 18.6. The van der Waals surface area contributed by atoms with Gasteiger partial charge in [-0.15, -0.1) is 0 Å². The number of carbonyl (C=O) groups is 2. The van der Waals surface area contributed by atoms with E-state index >= 15 is 0 Å². The summed E-state index contributed by atoms with van der Waals surface area (Å²) in [5, 5.41) is 2.03. The van der Waals surface area contributed by atoms with E-state index in [-0.39, 0.29) is 6.61 Å². The second-order valence-corrected chi connectivity index (χ2v) is 5.66. The number of fused-ring (bicyclic) bond motifs is 1. The molecule has 0 saturated carbocycles. The second kappa shape index (κ2) is 7.56. The first-order valence-corrected chi connectivity index (χ1v) is 7.90. The average molecular weight is 381 g/mol. The highest BCUT2D eigenvalue weighted by molar-refractivity contribution is 5.95. The zero-order chi connectivity index (χ0) is 19.6. The summed E-state index contributed by atoms with van der Waals surface area (Å²) in [4.78, 5) is 24.2. The molecule has 0 spiro atoms. The van der Waals surface area contributed by atoms with Crippen LogP contribution in [0.4, 0.5) is 18.9 Å². The van der Waals surface area contributed by atoms with Crippen molar-refractivity contribution in [3.05, 3.63) is 53.8 Å². The molecule has 2 atom stereocenters. The van der Waals surface area contributed by atoms with Crippen molar-refractivity contribution in [1.29, 1.82) is 0 Å². The highest BCUT2D eigenvalue weighted by Gasteiger charge is 2.31. The van der Waals surface area contributed by atoms with Crippen molar-refractivity contribution in [1.82, 2.24) is 0 Å². The second-order valence-electron chi connectivity index (χ2n) is 5.66. The van der Waals surface area contributed by atoms with Crippen LogP contribution in [0, 0.1) is 17.5 Å². The summed E-state index contributed by atoms with van der Waals surface area (Å²) >= 11 is 0. The Morgan fingerprint density at radius 1 is 1.11 bits per heavy atom. The van der Waals surface area contributed by atoms with Crippen LogP contribution in [0.15, 0.2) is 36.4 Å². The number of esters is 1. The van der Waals surface area contributed by atoms with Crippen molar-refractivity contribution in [3.8, 4) is 11.5 Å². The van der Waals surface area contributed by atoms with Crippen molar-refractivity contribution < 1.29 is 37.0 Å². The van der Waals surface area contributed by atoms with Gasteiger partial charge in [0.15, 0.2) is 35.1 Å². The van der Waals surface area contributed by atoms with Gasteiger partial charge in [-0.25, -0.2) is 18.0 Å². The molecule has 0 aromatic heterocycles. The summed E-state index contributed by atoms with van der Waals surface area (Å²) in [7, 11) is 0. The molecule has 0 bridgehead atoms. The van der Waals surface area contributed by atoms with Crippen molar-refractivity contribution in [2.45, 2.75) is 19.1 Å². The van der Waals surface area contributed by atoms with Gasteiger partial charge >= 0.3 is 5.97 Å². The molecule has 2 aromatic carbocycles. The third-order valence-electron chi connectivity index (χ3n) is 3.73. The molecule has 27 heavy (non-hydrogen) atoms. The lowest BCUT2D eigenvalue weighted by molar-refractivity contribution is -0.162. The maximum atomic E-state index is 13.6. The summed E-state index contributed by atoms with van der Waals surface area (Å²) in [5.74, 6) is -5.62. The van der Waals surface area contributed by atoms with Crippen LogP contribution in [0.25, 0.3) is 0 Å². The third-order valence-corrected chi connectivity index (χ3v) is 3.73. The Kier molecular flexibility index (Phi) is 5.20. The number of hydrogen-bond acceptors (Lipinski definition) is 5. The molecule has 2 aromatic rings. The van der Waals surface area contributed by atoms with Crippen LogP contribution in [0.2, 0.25) is 0 Å². The van der Waals surface area contributed by atoms with Gasteiger partial charge in [0.05, 0.1) is 5.69 Å². The maximum absolute atomic E-state index is 13.6. The SMILES string of the molecule is C[C@@H](OC(=O)[C@@H]1COc2ccccc2O1)C(=O)Nc1ccc(F)c(F)c1F. The number of para-hydroxylation sites is 2. The standard InChI is InChI=1S/C18H14F3NO5/c1-9(17(23)22-11-7-6-10(19)15(20)16(11)21)26-18(24)14-8-25-12-4-2-3-5-13(12)27-14/h2-7,9,14H,8H2,1H3,(H,22,23)/t9-,14+/m1/s1. The third kappa shape index (κ3) is 3.97. The summed E-state index contributed by atoms with van der Waals surface area (Å²) in [6.07, 6.45) is -2.43. The molecule has 142 valence electrons. The van der Waals surface area contributed by atoms with Gasteiger partial charge in [0.1, 0.15) is 6.61 Å². The Hall–Kier alpha value is -3.23. The Morgan fingerprint density at radius 2 is 1.81 bits per heavy atom. The summed E-state index contributed by atoms with van der Waals surface area (Å²) < 4.78 is 55.5. The van der Waals surface area contributed by atoms with Gasteiger partial charge in [-0.1, -0.05) is 12.1 Å². The quantitative estimate of drug-likeness (QED) is 0.651. The number of hydrogen-bond donors (Lipinski definition) is 1. The lowest BCUT2D eigenvalue weighted by Gasteiger charge is -2.25. The number of halogens is 3. The monoisotopic (exact) mass is 381 g/mol. The Balaban J connectivity index is 1.60. The predicted molar refractivity (Wildman–Crippen MR) is 86.9 cm³/mol. The van der Waals surface area contributed by atoms with Gasteiger partial charge in [0, 0.05) is 0 Å². The van der Waals surface area contributed by atoms with Crippen LogP contribution in [0.1, 0.15) is 6.92 Å². The number of anilines is 1.